The number of anilines is 1. The van der Waals surface area contributed by atoms with Crippen molar-refractivity contribution in [3.63, 3.8) is 0 Å². The van der Waals surface area contributed by atoms with Crippen molar-refractivity contribution in [2.45, 2.75) is 45.3 Å². The van der Waals surface area contributed by atoms with Crippen LogP contribution < -0.4 is 4.90 Å². The largest absolute Gasteiger partial charge is 0.464 e. The van der Waals surface area contributed by atoms with E-state index >= 15 is 0 Å². The quantitative estimate of drug-likeness (QED) is 0.330. The van der Waals surface area contributed by atoms with Crippen LogP contribution in [-0.2, 0) is 23.2 Å². The molecular weight excluding hydrogens is 514 g/mol. The number of para-hydroxylation sites is 1. The van der Waals surface area contributed by atoms with Gasteiger partial charge in [0, 0.05) is 36.7 Å². The maximum atomic E-state index is 13.1. The molecule has 3 aromatic carbocycles. The van der Waals surface area contributed by atoms with E-state index in [0.29, 0.717) is 31.7 Å². The van der Waals surface area contributed by atoms with E-state index < -0.39 is 17.0 Å². The van der Waals surface area contributed by atoms with Gasteiger partial charge in [-0.15, -0.1) is 0 Å². The van der Waals surface area contributed by atoms with E-state index in [1.54, 1.807) is 0 Å². The summed E-state index contributed by atoms with van der Waals surface area (Å²) in [6.45, 7) is 10.2. The maximum Gasteiger partial charge on any atom is 0.416 e. The number of carboxylic acid groups (broad SMARTS) is 1. The number of nitrogens with zero attached hydrogens (tertiary/aromatic N) is 3. The molecule has 2 aliphatic heterocycles. The summed E-state index contributed by atoms with van der Waals surface area (Å²) in [5.74, 6) is 0. The van der Waals surface area contributed by atoms with Crippen molar-refractivity contribution in [1.82, 2.24) is 9.47 Å². The first-order chi connectivity index (χ1) is 19.8. The third-order valence-electron chi connectivity index (χ3n) is 8.98. The van der Waals surface area contributed by atoms with Gasteiger partial charge >= 0.3 is 6.09 Å². The van der Waals surface area contributed by atoms with E-state index in [0.717, 1.165) is 46.5 Å². The van der Waals surface area contributed by atoms with Gasteiger partial charge in [0.05, 0.1) is 36.6 Å². The highest BCUT2D eigenvalue weighted by molar-refractivity contribution is 5.94. The Hall–Kier alpha value is -3.65. The summed E-state index contributed by atoms with van der Waals surface area (Å²) in [7, 11) is 0. The first-order valence-corrected chi connectivity index (χ1v) is 14.5. The van der Waals surface area contributed by atoms with Crippen molar-refractivity contribution in [2.75, 3.05) is 37.8 Å². The molecule has 2 N–H and O–H groups in total. The van der Waals surface area contributed by atoms with E-state index in [1.807, 2.05) is 42.5 Å². The van der Waals surface area contributed by atoms with Crippen LogP contribution in [0.25, 0.3) is 10.9 Å². The molecule has 0 spiro atoms. The zero-order chi connectivity index (χ0) is 28.8. The first-order valence-electron chi connectivity index (χ1n) is 14.5. The summed E-state index contributed by atoms with van der Waals surface area (Å²) >= 11 is 0. The molecule has 1 fully saturated rings. The number of aliphatic hydroxyl groups is 1. The zero-order valence-electron chi connectivity index (χ0n) is 24.1. The van der Waals surface area contributed by atoms with Gasteiger partial charge in [-0.3, -0.25) is 4.90 Å². The molecule has 1 unspecified atom stereocenters. The van der Waals surface area contributed by atoms with E-state index in [-0.39, 0.29) is 12.6 Å². The summed E-state index contributed by atoms with van der Waals surface area (Å²) in [6.07, 6.45) is -0.438. The number of rotatable bonds is 5. The van der Waals surface area contributed by atoms with Gasteiger partial charge in [0.1, 0.15) is 0 Å². The number of morpholine rings is 1. The molecule has 7 nitrogen and oxygen atoms in total. The number of benzene rings is 3. The molecule has 2 atom stereocenters. The molecular formula is C34H39N3O4. The molecule has 0 radical (unpaired) electrons. The van der Waals surface area contributed by atoms with Gasteiger partial charge in [-0.05, 0) is 46.7 Å². The van der Waals surface area contributed by atoms with Crippen molar-refractivity contribution in [3.05, 3.63) is 101 Å². The summed E-state index contributed by atoms with van der Waals surface area (Å²) in [6, 6.07) is 26.5. The predicted octanol–water partition coefficient (Wildman–Crippen LogP) is 5.71. The minimum Gasteiger partial charge on any atom is -0.464 e. The monoisotopic (exact) mass is 553 g/mol. The molecule has 0 aliphatic carbocycles. The van der Waals surface area contributed by atoms with Crippen LogP contribution in [0, 0.1) is 5.41 Å². The number of carbonyl (C=O) groups is 1. The Labute approximate surface area is 241 Å². The normalized spacial score (nSPS) is 21.7. The number of hydrogen-bond donors (Lipinski definition) is 2. The van der Waals surface area contributed by atoms with Crippen LogP contribution in [0.3, 0.4) is 0 Å². The van der Waals surface area contributed by atoms with E-state index in [1.165, 1.54) is 4.57 Å². The van der Waals surface area contributed by atoms with Gasteiger partial charge < -0.3 is 19.8 Å². The fourth-order valence-corrected chi connectivity index (χ4v) is 7.30. The smallest absolute Gasteiger partial charge is 0.416 e. The van der Waals surface area contributed by atoms with Gasteiger partial charge in [0.25, 0.3) is 0 Å². The predicted molar refractivity (Wildman–Crippen MR) is 162 cm³/mol. The van der Waals surface area contributed by atoms with Crippen LogP contribution in [-0.4, -0.2) is 64.7 Å². The molecule has 0 bridgehead atoms. The minimum absolute atomic E-state index is 0.0391. The number of fused-ring (bicyclic) bond motifs is 3. The minimum atomic E-state index is -0.997. The molecule has 0 saturated carbocycles. The third-order valence-corrected chi connectivity index (χ3v) is 8.98. The fraction of sp³-hybridized carbons (Fsp3) is 0.382. The number of hydrogen-bond acceptors (Lipinski definition) is 5. The number of aliphatic hydroxyl groups excluding tert-OH is 1. The van der Waals surface area contributed by atoms with Gasteiger partial charge in [0.2, 0.25) is 0 Å². The van der Waals surface area contributed by atoms with Crippen LogP contribution >= 0.6 is 0 Å². The lowest BCUT2D eigenvalue weighted by Gasteiger charge is -2.58. The standard InChI is InChI=1S/C34H39N3O4/c1-33(2,3)34(25-13-15-26(16-14-25)35-17-19-41-20-18-35)31-29(28-11-7-8-12-30(28)37(31)32(39)40)21-27(23-38)36(34)22-24-9-5-4-6-10-24/h4-16,27,38H,17-23H2,1-3H3,(H,39,40)/t27-,34?/m1/s1. The van der Waals surface area contributed by atoms with Crippen molar-refractivity contribution >= 4 is 22.7 Å². The lowest BCUT2D eigenvalue weighted by atomic mass is 9.62. The summed E-state index contributed by atoms with van der Waals surface area (Å²) in [4.78, 5) is 17.8. The molecule has 1 saturated heterocycles. The second-order valence-electron chi connectivity index (χ2n) is 12.2. The molecule has 1 aromatic heterocycles. The number of aromatic nitrogens is 1. The lowest BCUT2D eigenvalue weighted by molar-refractivity contribution is -0.0499. The third kappa shape index (κ3) is 4.43. The second-order valence-corrected chi connectivity index (χ2v) is 12.2. The van der Waals surface area contributed by atoms with E-state index in [4.69, 9.17) is 4.74 Å². The van der Waals surface area contributed by atoms with Crippen molar-refractivity contribution in [2.24, 2.45) is 5.41 Å². The SMILES string of the molecule is CC(C)(C)C1(c2ccc(N3CCOCC3)cc2)c2c(c3ccccc3n2C(=O)O)C[C@H](CO)N1Cc1ccccc1. The van der Waals surface area contributed by atoms with E-state index in [9.17, 15) is 15.0 Å². The van der Waals surface area contributed by atoms with Gasteiger partial charge in [-0.2, -0.15) is 0 Å². The zero-order valence-corrected chi connectivity index (χ0v) is 24.1. The van der Waals surface area contributed by atoms with Gasteiger partial charge in [0.15, 0.2) is 0 Å². The molecule has 41 heavy (non-hydrogen) atoms. The Kier molecular flexibility index (Phi) is 7.14. The lowest BCUT2D eigenvalue weighted by Crippen LogP contribution is -2.63. The molecule has 7 heteroatoms. The average Bonchev–Trinajstić information content (AvgIpc) is 3.32. The Bertz CT molecular complexity index is 1530. The summed E-state index contributed by atoms with van der Waals surface area (Å²) in [5, 5.41) is 22.6. The molecule has 0 amide bonds. The van der Waals surface area contributed by atoms with Crippen LogP contribution in [0.2, 0.25) is 0 Å². The van der Waals surface area contributed by atoms with E-state index in [2.05, 4.69) is 67.0 Å². The molecule has 214 valence electrons. The molecule has 4 aromatic rings. The van der Waals surface area contributed by atoms with Gasteiger partial charge in [-0.25, -0.2) is 9.36 Å². The van der Waals surface area contributed by atoms with Crippen LogP contribution in [0.4, 0.5) is 10.5 Å². The average molecular weight is 554 g/mol. The van der Waals surface area contributed by atoms with Crippen molar-refractivity contribution in [3.8, 4) is 0 Å². The highest BCUT2D eigenvalue weighted by atomic mass is 16.5. The molecule has 3 heterocycles. The molecule has 6 rings (SSSR count). The highest BCUT2D eigenvalue weighted by Gasteiger charge is 2.57. The fourth-order valence-electron chi connectivity index (χ4n) is 7.30. The Morgan fingerprint density at radius 1 is 0.951 bits per heavy atom. The van der Waals surface area contributed by atoms with Crippen LogP contribution in [0.1, 0.15) is 43.2 Å². The number of ether oxygens (including phenoxy) is 1. The van der Waals surface area contributed by atoms with Gasteiger partial charge in [-0.1, -0.05) is 81.4 Å². The topological polar surface area (TPSA) is 78.2 Å². The van der Waals surface area contributed by atoms with Crippen molar-refractivity contribution < 1.29 is 19.7 Å². The summed E-state index contributed by atoms with van der Waals surface area (Å²) in [5.41, 5.74) is 4.38. The van der Waals surface area contributed by atoms with Crippen molar-refractivity contribution in [1.29, 1.82) is 0 Å². The highest BCUT2D eigenvalue weighted by Crippen LogP contribution is 2.56. The Morgan fingerprint density at radius 3 is 2.24 bits per heavy atom. The van der Waals surface area contributed by atoms with Crippen LogP contribution in [0.15, 0.2) is 78.9 Å². The Balaban J connectivity index is 1.67. The first kappa shape index (κ1) is 27.5. The molecule has 2 aliphatic rings. The van der Waals surface area contributed by atoms with Crippen LogP contribution in [0.5, 0.6) is 0 Å². The Morgan fingerprint density at radius 2 is 1.61 bits per heavy atom. The second kappa shape index (κ2) is 10.6. The maximum absolute atomic E-state index is 13.1. The summed E-state index contributed by atoms with van der Waals surface area (Å²) < 4.78 is 7.08.